The first-order valence-corrected chi connectivity index (χ1v) is 7.80. The highest BCUT2D eigenvalue weighted by Gasteiger charge is 2.30. The molecule has 0 atom stereocenters. The van der Waals surface area contributed by atoms with E-state index in [1.54, 1.807) is 7.05 Å². The normalized spacial score (nSPS) is 19.7. The number of halogens is 1. The zero-order valence-corrected chi connectivity index (χ0v) is 11.4. The van der Waals surface area contributed by atoms with Crippen molar-refractivity contribution in [3.8, 4) is 0 Å². The van der Waals surface area contributed by atoms with Crippen molar-refractivity contribution in [2.45, 2.75) is 24.5 Å². The lowest BCUT2D eigenvalue weighted by Crippen LogP contribution is -2.39. The highest BCUT2D eigenvalue weighted by Crippen LogP contribution is 2.18. The van der Waals surface area contributed by atoms with Gasteiger partial charge in [-0.2, -0.15) is 0 Å². The third-order valence-electron chi connectivity index (χ3n) is 2.63. The Kier molecular flexibility index (Phi) is 5.52. The SMILES string of the molecule is CN(CCCBr)S(=O)(=O)C1CCOCC1. The van der Waals surface area contributed by atoms with Crippen LogP contribution in [0.25, 0.3) is 0 Å². The highest BCUT2D eigenvalue weighted by atomic mass is 79.9. The topological polar surface area (TPSA) is 46.6 Å². The van der Waals surface area contributed by atoms with Crippen LogP contribution < -0.4 is 0 Å². The number of sulfonamides is 1. The van der Waals surface area contributed by atoms with Crippen molar-refractivity contribution in [2.75, 3.05) is 32.1 Å². The van der Waals surface area contributed by atoms with E-state index in [0.717, 1.165) is 11.8 Å². The summed E-state index contributed by atoms with van der Waals surface area (Å²) in [5.41, 5.74) is 0. The maximum absolute atomic E-state index is 12.0. The molecule has 1 rings (SSSR count). The molecule has 1 aliphatic heterocycles. The van der Waals surface area contributed by atoms with Crippen LogP contribution in [0.5, 0.6) is 0 Å². The molecule has 0 radical (unpaired) electrons. The van der Waals surface area contributed by atoms with Gasteiger partial charge in [-0.15, -0.1) is 0 Å². The third-order valence-corrected chi connectivity index (χ3v) is 5.56. The monoisotopic (exact) mass is 299 g/mol. The summed E-state index contributed by atoms with van der Waals surface area (Å²) in [5.74, 6) is 0. The standard InChI is InChI=1S/C9H18BrNO3S/c1-11(6-2-5-10)15(12,13)9-3-7-14-8-4-9/h9H,2-8H2,1H3. The Bertz CT molecular complexity index is 275. The van der Waals surface area contributed by atoms with E-state index < -0.39 is 10.0 Å². The molecule has 0 bridgehead atoms. The lowest BCUT2D eigenvalue weighted by atomic mass is 10.2. The molecule has 0 spiro atoms. The number of hydrogen-bond donors (Lipinski definition) is 0. The maximum Gasteiger partial charge on any atom is 0.216 e. The molecule has 4 nitrogen and oxygen atoms in total. The summed E-state index contributed by atoms with van der Waals surface area (Å²) in [6.45, 7) is 1.72. The zero-order valence-electron chi connectivity index (χ0n) is 8.99. The number of alkyl halides is 1. The van der Waals surface area contributed by atoms with Crippen LogP contribution in [0.2, 0.25) is 0 Å². The predicted octanol–water partition coefficient (Wildman–Crippen LogP) is 1.21. The Hall–Kier alpha value is 0.350. The van der Waals surface area contributed by atoms with Gasteiger partial charge in [0.05, 0.1) is 5.25 Å². The Balaban J connectivity index is 2.55. The molecule has 0 saturated carbocycles. The van der Waals surface area contributed by atoms with E-state index in [1.165, 1.54) is 4.31 Å². The van der Waals surface area contributed by atoms with Crippen LogP contribution in [0.3, 0.4) is 0 Å². The minimum Gasteiger partial charge on any atom is -0.381 e. The van der Waals surface area contributed by atoms with Gasteiger partial charge >= 0.3 is 0 Å². The van der Waals surface area contributed by atoms with Crippen LogP contribution in [0.4, 0.5) is 0 Å². The molecule has 6 heteroatoms. The predicted molar refractivity (Wildman–Crippen MR) is 63.8 cm³/mol. The molecule has 0 unspecified atom stereocenters. The molecule has 15 heavy (non-hydrogen) atoms. The second-order valence-corrected chi connectivity index (χ2v) is 6.83. The lowest BCUT2D eigenvalue weighted by Gasteiger charge is -2.27. The molecule has 0 N–H and O–H groups in total. The van der Waals surface area contributed by atoms with Crippen molar-refractivity contribution >= 4 is 26.0 Å². The second kappa shape index (κ2) is 6.18. The van der Waals surface area contributed by atoms with Crippen molar-refractivity contribution in [2.24, 2.45) is 0 Å². The van der Waals surface area contributed by atoms with Crippen LogP contribution in [0.1, 0.15) is 19.3 Å². The summed E-state index contributed by atoms with van der Waals surface area (Å²) in [4.78, 5) is 0. The molecule has 1 aliphatic rings. The van der Waals surface area contributed by atoms with E-state index >= 15 is 0 Å². The van der Waals surface area contributed by atoms with Crippen LogP contribution in [0.15, 0.2) is 0 Å². The average Bonchev–Trinajstić information content (AvgIpc) is 2.27. The molecule has 0 aromatic carbocycles. The maximum atomic E-state index is 12.0. The first-order valence-electron chi connectivity index (χ1n) is 5.18. The van der Waals surface area contributed by atoms with Crippen LogP contribution in [-0.4, -0.2) is 50.1 Å². The summed E-state index contributed by atoms with van der Waals surface area (Å²) >= 11 is 3.30. The third kappa shape index (κ3) is 3.69. The summed E-state index contributed by atoms with van der Waals surface area (Å²) in [6, 6.07) is 0. The van der Waals surface area contributed by atoms with E-state index in [-0.39, 0.29) is 5.25 Å². The minimum atomic E-state index is -3.10. The van der Waals surface area contributed by atoms with Gasteiger partial charge in [-0.05, 0) is 19.3 Å². The van der Waals surface area contributed by atoms with Gasteiger partial charge in [0.25, 0.3) is 0 Å². The van der Waals surface area contributed by atoms with Gasteiger partial charge in [0.2, 0.25) is 10.0 Å². The first-order chi connectivity index (χ1) is 7.09. The van der Waals surface area contributed by atoms with Gasteiger partial charge in [-0.3, -0.25) is 0 Å². The van der Waals surface area contributed by atoms with Crippen molar-refractivity contribution < 1.29 is 13.2 Å². The second-order valence-electron chi connectivity index (χ2n) is 3.72. The summed E-state index contributed by atoms with van der Waals surface area (Å²) < 4.78 is 30.7. The summed E-state index contributed by atoms with van der Waals surface area (Å²) in [7, 11) is -1.44. The van der Waals surface area contributed by atoms with Crippen LogP contribution >= 0.6 is 15.9 Å². The van der Waals surface area contributed by atoms with E-state index in [2.05, 4.69) is 15.9 Å². The number of rotatable bonds is 5. The fourth-order valence-electron chi connectivity index (χ4n) is 1.64. The van der Waals surface area contributed by atoms with Crippen LogP contribution in [0, 0.1) is 0 Å². The molecule has 0 aromatic rings. The molecule has 1 fully saturated rings. The summed E-state index contributed by atoms with van der Waals surface area (Å²) in [5, 5.41) is 0.590. The molecule has 1 saturated heterocycles. The first kappa shape index (κ1) is 13.4. The smallest absolute Gasteiger partial charge is 0.216 e. The van der Waals surface area contributed by atoms with Gasteiger partial charge in [0.1, 0.15) is 0 Å². The van der Waals surface area contributed by atoms with Crippen molar-refractivity contribution in [3.05, 3.63) is 0 Å². The Morgan fingerprint density at radius 1 is 1.40 bits per heavy atom. The lowest BCUT2D eigenvalue weighted by molar-refractivity contribution is 0.0974. The largest absolute Gasteiger partial charge is 0.381 e. The van der Waals surface area contributed by atoms with E-state index in [1.807, 2.05) is 0 Å². The van der Waals surface area contributed by atoms with Crippen molar-refractivity contribution in [3.63, 3.8) is 0 Å². The quantitative estimate of drug-likeness (QED) is 0.717. The van der Waals surface area contributed by atoms with Gasteiger partial charge in [0.15, 0.2) is 0 Å². The summed E-state index contributed by atoms with van der Waals surface area (Å²) in [6.07, 6.45) is 2.10. The fourth-order valence-corrected chi connectivity index (χ4v) is 3.57. The zero-order chi connectivity index (χ0) is 11.3. The Morgan fingerprint density at radius 2 is 2.00 bits per heavy atom. The highest BCUT2D eigenvalue weighted by molar-refractivity contribution is 9.09. The Morgan fingerprint density at radius 3 is 2.53 bits per heavy atom. The number of nitrogens with zero attached hydrogens (tertiary/aromatic N) is 1. The van der Waals surface area contributed by atoms with Gasteiger partial charge in [0, 0.05) is 32.1 Å². The number of hydrogen-bond acceptors (Lipinski definition) is 3. The van der Waals surface area contributed by atoms with Crippen LogP contribution in [-0.2, 0) is 14.8 Å². The molecule has 0 aliphatic carbocycles. The van der Waals surface area contributed by atoms with Gasteiger partial charge in [-0.1, -0.05) is 15.9 Å². The molecule has 1 heterocycles. The van der Waals surface area contributed by atoms with Crippen molar-refractivity contribution in [1.82, 2.24) is 4.31 Å². The molecule has 0 aromatic heterocycles. The molecular formula is C9H18BrNO3S. The van der Waals surface area contributed by atoms with Gasteiger partial charge in [-0.25, -0.2) is 12.7 Å². The molecular weight excluding hydrogens is 282 g/mol. The van der Waals surface area contributed by atoms with Crippen molar-refractivity contribution in [1.29, 1.82) is 0 Å². The number of ether oxygens (including phenoxy) is 1. The van der Waals surface area contributed by atoms with E-state index in [9.17, 15) is 8.42 Å². The fraction of sp³-hybridized carbons (Fsp3) is 1.00. The Labute approximate surface area is 100 Å². The average molecular weight is 300 g/mol. The van der Waals surface area contributed by atoms with Gasteiger partial charge < -0.3 is 4.74 Å². The molecule has 90 valence electrons. The molecule has 0 amide bonds. The van der Waals surface area contributed by atoms with E-state index in [0.29, 0.717) is 32.6 Å². The van der Waals surface area contributed by atoms with E-state index in [4.69, 9.17) is 4.74 Å². The minimum absolute atomic E-state index is 0.244.